The minimum absolute atomic E-state index is 0.226. The molecular formula is C15H24N4O2S. The fraction of sp³-hybridized carbons (Fsp3) is 0.533. The lowest BCUT2D eigenvalue weighted by Gasteiger charge is -2.23. The number of hydrogen-bond acceptors (Lipinski definition) is 4. The Morgan fingerprint density at radius 3 is 2.50 bits per heavy atom. The van der Waals surface area contributed by atoms with Crippen molar-refractivity contribution in [2.24, 2.45) is 0 Å². The molecular weight excluding hydrogens is 300 g/mol. The van der Waals surface area contributed by atoms with Crippen LogP contribution in [0.15, 0.2) is 23.4 Å². The number of carbonyl (C=O) groups is 2. The number of aromatic nitrogens is 1. The van der Waals surface area contributed by atoms with Crippen molar-refractivity contribution in [3.8, 4) is 0 Å². The normalized spacial score (nSPS) is 12.4. The summed E-state index contributed by atoms with van der Waals surface area (Å²) in [4.78, 5) is 28.0. The molecule has 1 aromatic rings. The fourth-order valence-electron chi connectivity index (χ4n) is 1.59. The molecule has 122 valence electrons. The molecule has 6 nitrogen and oxygen atoms in total. The first-order valence-electron chi connectivity index (χ1n) is 7.19. The number of amides is 3. The molecule has 0 aliphatic carbocycles. The lowest BCUT2D eigenvalue weighted by atomic mass is 10.1. The Balaban J connectivity index is 2.50. The summed E-state index contributed by atoms with van der Waals surface area (Å²) in [6, 6.07) is 2.57. The van der Waals surface area contributed by atoms with Gasteiger partial charge in [-0.3, -0.25) is 4.79 Å². The predicted octanol–water partition coefficient (Wildman–Crippen LogP) is 2.62. The average Bonchev–Trinajstić information content (AvgIpc) is 2.39. The second-order valence-electron chi connectivity index (χ2n) is 5.88. The van der Waals surface area contributed by atoms with Crippen molar-refractivity contribution in [2.45, 2.75) is 51.2 Å². The Bertz CT molecular complexity index is 511. The topological polar surface area (TPSA) is 83.1 Å². The van der Waals surface area contributed by atoms with Crippen LogP contribution in [-0.4, -0.2) is 34.3 Å². The molecule has 0 aliphatic rings. The summed E-state index contributed by atoms with van der Waals surface area (Å²) >= 11 is 1.63. The van der Waals surface area contributed by atoms with E-state index in [1.165, 1.54) is 0 Å². The fourth-order valence-corrected chi connectivity index (χ4v) is 2.18. The first kappa shape index (κ1) is 18.3. The van der Waals surface area contributed by atoms with Crippen LogP contribution in [0, 0.1) is 0 Å². The van der Waals surface area contributed by atoms with Crippen LogP contribution in [0.4, 0.5) is 10.5 Å². The molecule has 1 heterocycles. The number of carbonyl (C=O) groups excluding carboxylic acids is 2. The van der Waals surface area contributed by atoms with Gasteiger partial charge in [0.25, 0.3) is 0 Å². The summed E-state index contributed by atoms with van der Waals surface area (Å²) in [7, 11) is 0. The predicted molar refractivity (Wildman–Crippen MR) is 90.1 cm³/mol. The molecule has 0 fully saturated rings. The number of pyridine rings is 1. The number of nitrogens with zero attached hydrogens (tertiary/aromatic N) is 1. The van der Waals surface area contributed by atoms with Gasteiger partial charge < -0.3 is 16.0 Å². The molecule has 1 rings (SSSR count). The van der Waals surface area contributed by atoms with Gasteiger partial charge in [0, 0.05) is 5.54 Å². The molecule has 0 saturated heterocycles. The molecule has 0 unspecified atom stereocenters. The minimum atomic E-state index is -0.623. The van der Waals surface area contributed by atoms with E-state index in [0.29, 0.717) is 5.69 Å². The summed E-state index contributed by atoms with van der Waals surface area (Å²) in [5, 5.41) is 8.98. The third kappa shape index (κ3) is 6.80. The van der Waals surface area contributed by atoms with Crippen LogP contribution < -0.4 is 16.0 Å². The summed E-state index contributed by atoms with van der Waals surface area (Å²) in [6.07, 6.45) is 1.59. The Hall–Kier alpha value is -1.76. The molecule has 3 amide bonds. The van der Waals surface area contributed by atoms with Gasteiger partial charge in [-0.05, 0) is 45.6 Å². The van der Waals surface area contributed by atoms with Gasteiger partial charge in [-0.2, -0.15) is 0 Å². The van der Waals surface area contributed by atoms with Crippen molar-refractivity contribution in [3.63, 3.8) is 0 Å². The third-order valence-corrected chi connectivity index (χ3v) is 3.35. The SMILES string of the molecule is CCSc1ccc(NC(=O)N[C@@H](C)C(=O)NC(C)(C)C)cn1. The van der Waals surface area contributed by atoms with Gasteiger partial charge in [-0.1, -0.05) is 6.92 Å². The minimum Gasteiger partial charge on any atom is -0.350 e. The standard InChI is InChI=1S/C15H24N4O2S/c1-6-22-12-8-7-11(9-16-12)18-14(21)17-10(2)13(20)19-15(3,4)5/h7-10H,6H2,1-5H3,(H,19,20)(H2,17,18,21)/t10-/m0/s1. The van der Waals surface area contributed by atoms with Gasteiger partial charge in [0.2, 0.25) is 5.91 Å². The van der Waals surface area contributed by atoms with Crippen LogP contribution in [0.5, 0.6) is 0 Å². The van der Waals surface area contributed by atoms with Gasteiger partial charge in [0.05, 0.1) is 16.9 Å². The molecule has 7 heteroatoms. The monoisotopic (exact) mass is 324 g/mol. The van der Waals surface area contributed by atoms with E-state index >= 15 is 0 Å². The van der Waals surface area contributed by atoms with E-state index in [4.69, 9.17) is 0 Å². The van der Waals surface area contributed by atoms with Gasteiger partial charge in [-0.15, -0.1) is 11.8 Å². The molecule has 1 atom stereocenters. The lowest BCUT2D eigenvalue weighted by Crippen LogP contribution is -2.51. The first-order chi connectivity index (χ1) is 10.2. The van der Waals surface area contributed by atoms with E-state index in [-0.39, 0.29) is 11.4 Å². The van der Waals surface area contributed by atoms with E-state index in [1.807, 2.05) is 26.8 Å². The molecule has 0 bridgehead atoms. The Kier molecular flexibility index (Phi) is 6.67. The quantitative estimate of drug-likeness (QED) is 0.727. The number of hydrogen-bond donors (Lipinski definition) is 3. The molecule has 0 aliphatic heterocycles. The van der Waals surface area contributed by atoms with E-state index in [9.17, 15) is 9.59 Å². The Morgan fingerprint density at radius 1 is 1.32 bits per heavy atom. The van der Waals surface area contributed by atoms with Crippen LogP contribution in [0.1, 0.15) is 34.6 Å². The van der Waals surface area contributed by atoms with Crippen LogP contribution in [0.3, 0.4) is 0 Å². The van der Waals surface area contributed by atoms with Gasteiger partial charge in [0.15, 0.2) is 0 Å². The van der Waals surface area contributed by atoms with E-state index in [2.05, 4.69) is 27.9 Å². The zero-order valence-electron chi connectivity index (χ0n) is 13.7. The molecule has 1 aromatic heterocycles. The Morgan fingerprint density at radius 2 is 2.00 bits per heavy atom. The second kappa shape index (κ2) is 8.03. The largest absolute Gasteiger partial charge is 0.350 e. The molecule has 0 saturated carbocycles. The summed E-state index contributed by atoms with van der Waals surface area (Å²) in [5.74, 6) is 0.719. The van der Waals surface area contributed by atoms with E-state index in [0.717, 1.165) is 10.8 Å². The summed E-state index contributed by atoms with van der Waals surface area (Å²) in [6.45, 7) is 9.35. The van der Waals surface area contributed by atoms with Gasteiger partial charge in [0.1, 0.15) is 6.04 Å². The van der Waals surface area contributed by atoms with Crippen LogP contribution in [0.2, 0.25) is 0 Å². The second-order valence-corrected chi connectivity index (χ2v) is 7.16. The molecule has 3 N–H and O–H groups in total. The average molecular weight is 324 g/mol. The maximum absolute atomic E-state index is 11.9. The zero-order valence-corrected chi connectivity index (χ0v) is 14.5. The van der Waals surface area contributed by atoms with Crippen molar-refractivity contribution < 1.29 is 9.59 Å². The molecule has 0 radical (unpaired) electrons. The zero-order chi connectivity index (χ0) is 16.8. The number of rotatable bonds is 5. The van der Waals surface area contributed by atoms with E-state index in [1.54, 1.807) is 30.9 Å². The van der Waals surface area contributed by atoms with Crippen LogP contribution in [0.25, 0.3) is 0 Å². The number of nitrogens with one attached hydrogen (secondary N) is 3. The molecule has 0 aromatic carbocycles. The number of anilines is 1. The van der Waals surface area contributed by atoms with Crippen molar-refractivity contribution in [2.75, 3.05) is 11.1 Å². The van der Waals surface area contributed by atoms with Crippen molar-refractivity contribution in [1.82, 2.24) is 15.6 Å². The highest BCUT2D eigenvalue weighted by Gasteiger charge is 2.20. The summed E-state index contributed by atoms with van der Waals surface area (Å²) in [5.41, 5.74) is 0.251. The van der Waals surface area contributed by atoms with Crippen molar-refractivity contribution >= 4 is 29.4 Å². The highest BCUT2D eigenvalue weighted by Crippen LogP contribution is 2.16. The van der Waals surface area contributed by atoms with Crippen molar-refractivity contribution in [1.29, 1.82) is 0 Å². The highest BCUT2D eigenvalue weighted by atomic mass is 32.2. The van der Waals surface area contributed by atoms with Gasteiger partial charge >= 0.3 is 6.03 Å². The van der Waals surface area contributed by atoms with Crippen LogP contribution in [-0.2, 0) is 4.79 Å². The molecule has 0 spiro atoms. The van der Waals surface area contributed by atoms with E-state index < -0.39 is 12.1 Å². The number of thioether (sulfide) groups is 1. The van der Waals surface area contributed by atoms with Crippen molar-refractivity contribution in [3.05, 3.63) is 18.3 Å². The first-order valence-corrected chi connectivity index (χ1v) is 8.18. The maximum Gasteiger partial charge on any atom is 0.319 e. The summed E-state index contributed by atoms with van der Waals surface area (Å²) < 4.78 is 0. The number of urea groups is 1. The highest BCUT2D eigenvalue weighted by molar-refractivity contribution is 7.99. The molecule has 22 heavy (non-hydrogen) atoms. The Labute approximate surface area is 135 Å². The lowest BCUT2D eigenvalue weighted by molar-refractivity contribution is -0.123. The van der Waals surface area contributed by atoms with Crippen LogP contribution >= 0.6 is 11.8 Å². The smallest absolute Gasteiger partial charge is 0.319 e. The maximum atomic E-state index is 11.9. The van der Waals surface area contributed by atoms with Gasteiger partial charge in [-0.25, -0.2) is 9.78 Å². The third-order valence-electron chi connectivity index (χ3n) is 2.53.